The standard InChI is InChI=1S/C11H12N2S.C10H9ClN2S.C4H10O.ClH/c1-7-10-8-4-2-3-5-9(8)14-11(10)13-6-12-7;11-9-8-6-3-1-2-4-7(6)14-10(8)13-5-12-9;1-4(2,3)5;/h6H,2-5H2,1H3;5H,1-4H2;5H,1-3H3;1H. The van der Waals surface area contributed by atoms with Crippen molar-refractivity contribution in [2.75, 3.05) is 0 Å². The third-order valence-corrected chi connectivity index (χ3v) is 8.33. The van der Waals surface area contributed by atoms with Crippen LogP contribution in [0, 0.1) is 6.92 Å². The summed E-state index contributed by atoms with van der Waals surface area (Å²) >= 11 is 9.73. The number of thiophene rings is 2. The van der Waals surface area contributed by atoms with E-state index >= 15 is 0 Å². The molecule has 0 aliphatic heterocycles. The van der Waals surface area contributed by atoms with E-state index in [-0.39, 0.29) is 12.4 Å². The zero-order valence-electron chi connectivity index (χ0n) is 20.2. The molecule has 0 atom stereocenters. The molecule has 34 heavy (non-hydrogen) atoms. The number of halogens is 2. The van der Waals surface area contributed by atoms with Gasteiger partial charge in [-0.25, -0.2) is 19.9 Å². The van der Waals surface area contributed by atoms with Gasteiger partial charge in [0.15, 0.2) is 0 Å². The van der Waals surface area contributed by atoms with Crippen molar-refractivity contribution < 1.29 is 5.11 Å². The highest BCUT2D eigenvalue weighted by Gasteiger charge is 2.19. The molecule has 9 heteroatoms. The smallest absolute Gasteiger partial charge is 0.141 e. The van der Waals surface area contributed by atoms with Crippen LogP contribution in [-0.2, 0) is 25.7 Å². The Morgan fingerprint density at radius 2 is 1.21 bits per heavy atom. The van der Waals surface area contributed by atoms with Crippen molar-refractivity contribution in [1.29, 1.82) is 0 Å². The maximum atomic E-state index is 8.52. The third kappa shape index (κ3) is 6.43. The highest BCUT2D eigenvalue weighted by Crippen LogP contribution is 2.38. The normalized spacial score (nSPS) is 14.8. The molecule has 2 aliphatic carbocycles. The largest absolute Gasteiger partial charge is 0.391 e. The van der Waals surface area contributed by atoms with Crippen molar-refractivity contribution in [1.82, 2.24) is 19.9 Å². The molecule has 2 aliphatic rings. The molecule has 0 saturated heterocycles. The lowest BCUT2D eigenvalue weighted by Crippen LogP contribution is -2.10. The van der Waals surface area contributed by atoms with Crippen LogP contribution in [0.2, 0.25) is 5.15 Å². The number of aromatic nitrogens is 4. The van der Waals surface area contributed by atoms with Crippen molar-refractivity contribution >= 4 is 67.1 Å². The number of aliphatic hydroxyl groups is 1. The van der Waals surface area contributed by atoms with Crippen LogP contribution in [0.15, 0.2) is 12.7 Å². The van der Waals surface area contributed by atoms with Gasteiger partial charge >= 0.3 is 0 Å². The molecule has 0 saturated carbocycles. The SMILES string of the molecule is CC(C)(C)O.Cc1ncnc2sc3c(c12)CCCC3.Cl.Clc1ncnc2sc3c(c12)CCCC3. The van der Waals surface area contributed by atoms with Crippen LogP contribution in [0.4, 0.5) is 0 Å². The maximum absolute atomic E-state index is 8.52. The minimum absolute atomic E-state index is 0. The van der Waals surface area contributed by atoms with E-state index in [0.717, 1.165) is 22.3 Å². The summed E-state index contributed by atoms with van der Waals surface area (Å²) in [5, 5.41) is 11.6. The molecule has 184 valence electrons. The average molecular weight is 540 g/mol. The van der Waals surface area contributed by atoms with Crippen molar-refractivity contribution in [2.45, 2.75) is 84.7 Å². The molecule has 4 aromatic rings. The first-order valence-electron chi connectivity index (χ1n) is 11.6. The first-order chi connectivity index (χ1) is 15.7. The van der Waals surface area contributed by atoms with E-state index in [0.29, 0.717) is 5.15 Å². The van der Waals surface area contributed by atoms with E-state index in [1.807, 2.05) is 11.3 Å². The second kappa shape index (κ2) is 11.6. The van der Waals surface area contributed by atoms with Gasteiger partial charge in [0.2, 0.25) is 0 Å². The molecule has 4 heterocycles. The molecule has 4 aromatic heterocycles. The lowest BCUT2D eigenvalue weighted by atomic mass is 9.96. The van der Waals surface area contributed by atoms with Crippen LogP contribution in [0.5, 0.6) is 0 Å². The number of aryl methyl sites for hydroxylation is 5. The minimum Gasteiger partial charge on any atom is -0.391 e. The fraction of sp³-hybridized carbons (Fsp3) is 0.520. The molecule has 0 aromatic carbocycles. The molecule has 6 rings (SSSR count). The topological polar surface area (TPSA) is 71.8 Å². The first kappa shape index (κ1) is 27.2. The minimum atomic E-state index is -0.500. The van der Waals surface area contributed by atoms with Crippen LogP contribution < -0.4 is 0 Å². The monoisotopic (exact) mass is 538 g/mol. The van der Waals surface area contributed by atoms with Crippen molar-refractivity contribution in [3.63, 3.8) is 0 Å². The van der Waals surface area contributed by atoms with Gasteiger partial charge in [-0.2, -0.15) is 0 Å². The lowest BCUT2D eigenvalue weighted by molar-refractivity contribution is 0.102. The Labute approximate surface area is 220 Å². The Hall–Kier alpha value is -1.38. The van der Waals surface area contributed by atoms with E-state index in [1.54, 1.807) is 49.6 Å². The quantitative estimate of drug-likeness (QED) is 0.238. The third-order valence-electron chi connectivity index (χ3n) is 5.65. The number of hydrogen-bond acceptors (Lipinski definition) is 7. The highest BCUT2D eigenvalue weighted by molar-refractivity contribution is 7.19. The van der Waals surface area contributed by atoms with Gasteiger partial charge in [0.25, 0.3) is 0 Å². The summed E-state index contributed by atoms with van der Waals surface area (Å²) in [6.07, 6.45) is 13.3. The first-order valence-corrected chi connectivity index (χ1v) is 13.6. The van der Waals surface area contributed by atoms with E-state index in [1.165, 1.54) is 71.2 Å². The Bertz CT molecular complexity index is 1170. The average Bonchev–Trinajstić information content (AvgIpc) is 3.32. The summed E-state index contributed by atoms with van der Waals surface area (Å²) < 4.78 is 0. The second-order valence-corrected chi connectivity index (χ2v) is 12.1. The predicted octanol–water partition coefficient (Wildman–Crippen LogP) is 7.30. The lowest BCUT2D eigenvalue weighted by Gasteiger charge is -2.10. The molecule has 0 bridgehead atoms. The zero-order valence-corrected chi connectivity index (χ0v) is 23.4. The number of rotatable bonds is 0. The van der Waals surface area contributed by atoms with E-state index < -0.39 is 5.60 Å². The summed E-state index contributed by atoms with van der Waals surface area (Å²) in [5.74, 6) is 0. The Balaban J connectivity index is 0.000000156. The highest BCUT2D eigenvalue weighted by atomic mass is 35.5. The van der Waals surface area contributed by atoms with Gasteiger partial charge in [-0.1, -0.05) is 11.6 Å². The zero-order chi connectivity index (χ0) is 23.6. The van der Waals surface area contributed by atoms with Gasteiger partial charge in [0, 0.05) is 20.8 Å². The van der Waals surface area contributed by atoms with Crippen LogP contribution in [0.25, 0.3) is 20.4 Å². The molecule has 1 N–H and O–H groups in total. The molecule has 0 amide bonds. The van der Waals surface area contributed by atoms with Crippen LogP contribution in [-0.4, -0.2) is 30.6 Å². The van der Waals surface area contributed by atoms with Gasteiger partial charge in [-0.3, -0.25) is 0 Å². The summed E-state index contributed by atoms with van der Waals surface area (Å²) in [4.78, 5) is 22.2. The molecule has 5 nitrogen and oxygen atoms in total. The number of nitrogens with zero attached hydrogens (tertiary/aromatic N) is 4. The van der Waals surface area contributed by atoms with E-state index in [2.05, 4.69) is 26.9 Å². The number of fused-ring (bicyclic) bond motifs is 6. The van der Waals surface area contributed by atoms with Crippen molar-refractivity contribution in [3.05, 3.63) is 44.4 Å². The fourth-order valence-corrected chi connectivity index (χ4v) is 7.11. The fourth-order valence-electron chi connectivity index (χ4n) is 4.30. The Morgan fingerprint density at radius 3 is 1.76 bits per heavy atom. The van der Waals surface area contributed by atoms with E-state index in [9.17, 15) is 0 Å². The molecular formula is C25H32Cl2N4OS2. The van der Waals surface area contributed by atoms with Crippen LogP contribution in [0.3, 0.4) is 0 Å². The van der Waals surface area contributed by atoms with Crippen LogP contribution >= 0.6 is 46.7 Å². The maximum Gasteiger partial charge on any atom is 0.141 e. The van der Waals surface area contributed by atoms with Crippen molar-refractivity contribution in [2.24, 2.45) is 0 Å². The predicted molar refractivity (Wildman–Crippen MR) is 147 cm³/mol. The van der Waals surface area contributed by atoms with Gasteiger partial charge in [0.1, 0.15) is 27.5 Å². The Kier molecular flexibility index (Phi) is 9.26. The summed E-state index contributed by atoms with van der Waals surface area (Å²) in [5.41, 5.74) is 3.59. The molecular weight excluding hydrogens is 507 g/mol. The molecule has 0 fully saturated rings. The van der Waals surface area contributed by atoms with Gasteiger partial charge in [-0.05, 0) is 90.2 Å². The molecule has 0 radical (unpaired) electrons. The van der Waals surface area contributed by atoms with Crippen LogP contribution in [0.1, 0.15) is 73.0 Å². The second-order valence-electron chi connectivity index (χ2n) is 9.58. The van der Waals surface area contributed by atoms with Crippen molar-refractivity contribution in [3.8, 4) is 0 Å². The summed E-state index contributed by atoms with van der Waals surface area (Å²) in [6, 6.07) is 0. The van der Waals surface area contributed by atoms with E-state index in [4.69, 9.17) is 16.7 Å². The molecule has 0 unspecified atom stereocenters. The number of hydrogen-bond donors (Lipinski definition) is 1. The van der Waals surface area contributed by atoms with Gasteiger partial charge in [0.05, 0.1) is 11.0 Å². The summed E-state index contributed by atoms with van der Waals surface area (Å²) in [6.45, 7) is 7.32. The van der Waals surface area contributed by atoms with Gasteiger partial charge < -0.3 is 5.11 Å². The Morgan fingerprint density at radius 1 is 0.765 bits per heavy atom. The summed E-state index contributed by atoms with van der Waals surface area (Å²) in [7, 11) is 0. The molecule has 0 spiro atoms. The van der Waals surface area contributed by atoms with Gasteiger partial charge in [-0.15, -0.1) is 35.1 Å².